The molecule has 2 aromatic carbocycles. The summed E-state index contributed by atoms with van der Waals surface area (Å²) in [6.45, 7) is 9.75. The molecule has 3 aliphatic rings. The zero-order valence-electron chi connectivity index (χ0n) is 20.7. The van der Waals surface area contributed by atoms with E-state index >= 15 is 0 Å². The van der Waals surface area contributed by atoms with Gasteiger partial charge in [0.2, 0.25) is 0 Å². The molecular weight excluding hydrogens is 507 g/mol. The summed E-state index contributed by atoms with van der Waals surface area (Å²) in [5, 5.41) is 1.44. The van der Waals surface area contributed by atoms with E-state index in [1.807, 2.05) is 57.2 Å². The summed E-state index contributed by atoms with van der Waals surface area (Å²) in [5.74, 6) is -0.539. The number of benzene rings is 2. The Morgan fingerprint density at radius 2 is 1.43 bits per heavy atom. The Hall–Kier alpha value is -2.24. The van der Waals surface area contributed by atoms with E-state index in [4.69, 9.17) is 11.3 Å². The van der Waals surface area contributed by atoms with Crippen molar-refractivity contribution in [2.24, 2.45) is 0 Å². The molecule has 2 bridgehead atoms. The normalized spacial score (nSPS) is 23.5. The molecule has 1 N–H and O–H groups in total. The summed E-state index contributed by atoms with van der Waals surface area (Å²) in [7, 11) is 0. The molecule has 0 radical (unpaired) electrons. The summed E-state index contributed by atoms with van der Waals surface area (Å²) in [6, 6.07) is 18.8. The molecule has 0 saturated carbocycles. The number of carbonyl (C=O) groups excluding carboxylic acids is 2. The van der Waals surface area contributed by atoms with Gasteiger partial charge in [-0.1, -0.05) is 0 Å². The van der Waals surface area contributed by atoms with Crippen molar-refractivity contribution >= 4 is 26.1 Å². The molecular formula is C26H35GeN3O5. The number of hydrogen-bond donors (Lipinski definition) is 1. The van der Waals surface area contributed by atoms with E-state index in [2.05, 4.69) is 10.3 Å². The fourth-order valence-electron chi connectivity index (χ4n) is 4.47. The van der Waals surface area contributed by atoms with E-state index < -0.39 is 19.8 Å². The molecule has 1 unspecified atom stereocenters. The fraction of sp³-hybridized carbons (Fsp3) is 0.462. The third kappa shape index (κ3) is 6.31. The van der Waals surface area contributed by atoms with Crippen LogP contribution in [0.3, 0.4) is 0 Å². The molecule has 3 heterocycles. The maximum absolute atomic E-state index is 13.9. The number of amides is 2. The first-order valence-corrected chi connectivity index (χ1v) is 15.9. The van der Waals surface area contributed by atoms with Crippen LogP contribution in [-0.4, -0.2) is 81.0 Å². The number of carbonyl (C=O) groups is 2. The van der Waals surface area contributed by atoms with Crippen LogP contribution in [0.15, 0.2) is 60.7 Å². The van der Waals surface area contributed by atoms with Gasteiger partial charge in [-0.05, 0) is 0 Å². The van der Waals surface area contributed by atoms with Crippen molar-refractivity contribution in [1.29, 1.82) is 0 Å². The molecule has 5 rings (SSSR count). The molecule has 0 aliphatic carbocycles. The molecule has 35 heavy (non-hydrogen) atoms. The first-order valence-electron chi connectivity index (χ1n) is 12.2. The van der Waals surface area contributed by atoms with Crippen LogP contribution in [0.25, 0.3) is 0 Å². The Labute approximate surface area is 210 Å². The van der Waals surface area contributed by atoms with Crippen molar-refractivity contribution in [2.45, 2.75) is 37.5 Å². The molecule has 3 saturated heterocycles. The topological polar surface area (TPSA) is 80.3 Å². The van der Waals surface area contributed by atoms with Crippen molar-refractivity contribution in [3.05, 3.63) is 71.8 Å². The van der Waals surface area contributed by atoms with E-state index in [9.17, 15) is 9.59 Å². The SMILES string of the molecule is CC(C)(C)N(NC(=O)c1ccccc1)C(=O)C[CH](c1ccccc1)[Ge]12[O]CCN(CC[O]1)CC[O]2. The van der Waals surface area contributed by atoms with E-state index in [1.165, 1.54) is 5.01 Å². The van der Waals surface area contributed by atoms with Gasteiger partial charge in [-0.25, -0.2) is 0 Å². The average Bonchev–Trinajstić information content (AvgIpc) is 2.80. The summed E-state index contributed by atoms with van der Waals surface area (Å²) in [6.07, 6.45) is 0.111. The Morgan fingerprint density at radius 1 is 0.914 bits per heavy atom. The molecule has 0 spiro atoms. The maximum atomic E-state index is 13.9. The van der Waals surface area contributed by atoms with Crippen LogP contribution >= 0.6 is 0 Å². The van der Waals surface area contributed by atoms with E-state index in [0.29, 0.717) is 25.4 Å². The standard InChI is InChI=1S/C26H35GeN3O5/c1-26(2,3)30(28-25(32)22-12-8-5-9-13-22)24(31)20-23(21-10-6-4-7-11-21)27-33-17-14-29(15-18-34-27)16-19-35-27/h4-13,23H,14-20H2,1-3H3,(H,28,32). The number of hydrogen-bond acceptors (Lipinski definition) is 6. The number of nitrogens with zero attached hydrogens (tertiary/aromatic N) is 2. The van der Waals surface area contributed by atoms with Gasteiger partial charge in [0.05, 0.1) is 0 Å². The number of rotatable bonds is 5. The minimum atomic E-state index is -3.91. The molecule has 0 aromatic heterocycles. The third-order valence-corrected chi connectivity index (χ3v) is 13.0. The Morgan fingerprint density at radius 3 is 1.94 bits per heavy atom. The van der Waals surface area contributed by atoms with Gasteiger partial charge in [0, 0.05) is 0 Å². The molecule has 9 heteroatoms. The van der Waals surface area contributed by atoms with Crippen LogP contribution in [0.2, 0.25) is 0 Å². The van der Waals surface area contributed by atoms with E-state index in [1.54, 1.807) is 24.3 Å². The van der Waals surface area contributed by atoms with Crippen molar-refractivity contribution in [3.63, 3.8) is 0 Å². The summed E-state index contributed by atoms with van der Waals surface area (Å²) in [5.41, 5.74) is 3.65. The van der Waals surface area contributed by atoms with E-state index in [-0.39, 0.29) is 23.0 Å². The van der Waals surface area contributed by atoms with Crippen LogP contribution in [0.4, 0.5) is 0 Å². The molecule has 8 nitrogen and oxygen atoms in total. The molecule has 1 atom stereocenters. The Bertz CT molecular complexity index is 973. The first kappa shape index (κ1) is 25.8. The first-order chi connectivity index (χ1) is 16.8. The van der Waals surface area contributed by atoms with Crippen LogP contribution < -0.4 is 5.43 Å². The van der Waals surface area contributed by atoms with Gasteiger partial charge < -0.3 is 0 Å². The van der Waals surface area contributed by atoms with Gasteiger partial charge in [-0.3, -0.25) is 0 Å². The summed E-state index contributed by atoms with van der Waals surface area (Å²) >= 11 is -3.91. The zero-order chi connectivity index (χ0) is 24.9. The van der Waals surface area contributed by atoms with Gasteiger partial charge in [0.15, 0.2) is 0 Å². The van der Waals surface area contributed by atoms with E-state index in [0.717, 1.165) is 25.2 Å². The Balaban J connectivity index is 1.63. The molecule has 2 amide bonds. The molecule has 3 aliphatic heterocycles. The monoisotopic (exact) mass is 543 g/mol. The van der Waals surface area contributed by atoms with Crippen LogP contribution in [0, 0.1) is 0 Å². The number of hydrazine groups is 1. The van der Waals surface area contributed by atoms with Gasteiger partial charge >= 0.3 is 211 Å². The summed E-state index contributed by atoms with van der Waals surface area (Å²) < 4.78 is 18.9. The van der Waals surface area contributed by atoms with Gasteiger partial charge in [0.1, 0.15) is 0 Å². The second kappa shape index (κ2) is 11.2. The van der Waals surface area contributed by atoms with Crippen LogP contribution in [-0.2, 0) is 16.1 Å². The molecule has 3 fully saturated rings. The van der Waals surface area contributed by atoms with Gasteiger partial charge in [-0.15, -0.1) is 0 Å². The fourth-order valence-corrected chi connectivity index (χ4v) is 10.8. The van der Waals surface area contributed by atoms with Crippen molar-refractivity contribution in [3.8, 4) is 0 Å². The van der Waals surface area contributed by atoms with Crippen LogP contribution in [0.1, 0.15) is 47.9 Å². The Kier molecular flexibility index (Phi) is 8.28. The number of nitrogens with one attached hydrogen (secondary N) is 1. The van der Waals surface area contributed by atoms with Crippen molar-refractivity contribution in [1.82, 2.24) is 15.3 Å². The predicted octanol–water partition coefficient (Wildman–Crippen LogP) is 2.99. The van der Waals surface area contributed by atoms with Crippen molar-refractivity contribution in [2.75, 3.05) is 39.5 Å². The second-order valence-corrected chi connectivity index (χ2v) is 15.7. The van der Waals surface area contributed by atoms with Crippen LogP contribution in [0.5, 0.6) is 0 Å². The number of fused-ring (bicyclic) bond motifs is 6. The van der Waals surface area contributed by atoms with Gasteiger partial charge in [0.25, 0.3) is 0 Å². The minimum absolute atomic E-state index is 0.111. The average molecular weight is 542 g/mol. The summed E-state index contributed by atoms with van der Waals surface area (Å²) in [4.78, 5) is 29.1. The quantitative estimate of drug-likeness (QED) is 0.463. The van der Waals surface area contributed by atoms with Crippen molar-refractivity contribution < 1.29 is 20.9 Å². The second-order valence-electron chi connectivity index (χ2n) is 9.86. The third-order valence-electron chi connectivity index (χ3n) is 6.31. The predicted molar refractivity (Wildman–Crippen MR) is 134 cm³/mol. The van der Waals surface area contributed by atoms with Gasteiger partial charge in [-0.2, -0.15) is 0 Å². The molecule has 2 aromatic rings. The molecule has 188 valence electrons. The zero-order valence-corrected chi connectivity index (χ0v) is 22.8.